The summed E-state index contributed by atoms with van der Waals surface area (Å²) >= 11 is 1.80. The third kappa shape index (κ3) is 3.15. The Morgan fingerprint density at radius 3 is 2.19 bits per heavy atom. The summed E-state index contributed by atoms with van der Waals surface area (Å²) < 4.78 is 2.50. The van der Waals surface area contributed by atoms with Gasteiger partial charge >= 0.3 is 0 Å². The molecule has 0 aliphatic carbocycles. The summed E-state index contributed by atoms with van der Waals surface area (Å²) in [7, 11) is 0. The van der Waals surface area contributed by atoms with Crippen molar-refractivity contribution in [2.75, 3.05) is 0 Å². The number of pyridine rings is 1. The van der Waals surface area contributed by atoms with Crippen molar-refractivity contribution < 1.29 is 0 Å². The molecule has 3 aromatic carbocycles. The van der Waals surface area contributed by atoms with Gasteiger partial charge in [-0.1, -0.05) is 60.7 Å². The molecular weight excluding hydrogens is 412 g/mol. The lowest BCUT2D eigenvalue weighted by Crippen LogP contribution is -2.00. The van der Waals surface area contributed by atoms with E-state index in [0.29, 0.717) is 17.5 Å². The van der Waals surface area contributed by atoms with Crippen LogP contribution in [0.4, 0.5) is 0 Å². The highest BCUT2D eigenvalue weighted by molar-refractivity contribution is 7.25. The van der Waals surface area contributed by atoms with E-state index >= 15 is 0 Å². The van der Waals surface area contributed by atoms with Gasteiger partial charge < -0.3 is 0 Å². The predicted molar refractivity (Wildman–Crippen MR) is 132 cm³/mol. The monoisotopic (exact) mass is 430 g/mol. The van der Waals surface area contributed by atoms with Crippen LogP contribution in [0.2, 0.25) is 0 Å². The summed E-state index contributed by atoms with van der Waals surface area (Å²) in [6.45, 7) is 1.92. The van der Waals surface area contributed by atoms with Crippen LogP contribution in [-0.4, -0.2) is 19.9 Å². The van der Waals surface area contributed by atoms with E-state index < -0.39 is 0 Å². The molecule has 0 fully saturated rings. The van der Waals surface area contributed by atoms with Crippen LogP contribution in [0.15, 0.2) is 91.3 Å². The van der Waals surface area contributed by atoms with Gasteiger partial charge in [-0.05, 0) is 30.7 Å². The topological polar surface area (TPSA) is 51.6 Å². The molecule has 0 aliphatic rings. The maximum absolute atomic E-state index is 4.96. The van der Waals surface area contributed by atoms with E-state index in [0.717, 1.165) is 22.3 Å². The SMILES string of the molecule is Cc1nc(-c2ccccc2-c2cccnc2)nc(-c2cccc3sc4ccccc4c23)n1. The molecule has 0 radical (unpaired) electrons. The lowest BCUT2D eigenvalue weighted by atomic mass is 10.0. The summed E-state index contributed by atoms with van der Waals surface area (Å²) in [6, 6.07) is 27.0. The van der Waals surface area contributed by atoms with Gasteiger partial charge in [0.15, 0.2) is 11.6 Å². The second-order valence-electron chi connectivity index (χ2n) is 7.59. The van der Waals surface area contributed by atoms with E-state index in [9.17, 15) is 0 Å². The Labute approximate surface area is 189 Å². The van der Waals surface area contributed by atoms with Crippen molar-refractivity contribution in [1.82, 2.24) is 19.9 Å². The van der Waals surface area contributed by atoms with Gasteiger partial charge in [0.25, 0.3) is 0 Å². The van der Waals surface area contributed by atoms with Crippen molar-refractivity contribution in [2.45, 2.75) is 6.92 Å². The van der Waals surface area contributed by atoms with Gasteiger partial charge in [-0.15, -0.1) is 11.3 Å². The Balaban J connectivity index is 1.59. The van der Waals surface area contributed by atoms with Crippen molar-refractivity contribution in [2.24, 2.45) is 0 Å². The van der Waals surface area contributed by atoms with E-state index in [2.05, 4.69) is 65.6 Å². The molecule has 0 bridgehead atoms. The fraction of sp³-hybridized carbons (Fsp3) is 0.0370. The summed E-state index contributed by atoms with van der Waals surface area (Å²) in [5.41, 5.74) is 4.09. The van der Waals surface area contributed by atoms with Crippen molar-refractivity contribution in [1.29, 1.82) is 0 Å². The first-order valence-corrected chi connectivity index (χ1v) is 11.2. The number of fused-ring (bicyclic) bond motifs is 3. The van der Waals surface area contributed by atoms with Gasteiger partial charge in [0.05, 0.1) is 0 Å². The number of nitrogens with zero attached hydrogens (tertiary/aromatic N) is 4. The fourth-order valence-corrected chi connectivity index (χ4v) is 5.27. The van der Waals surface area contributed by atoms with Crippen molar-refractivity contribution in [3.63, 3.8) is 0 Å². The zero-order valence-corrected chi connectivity index (χ0v) is 18.2. The fourth-order valence-electron chi connectivity index (χ4n) is 4.14. The van der Waals surface area contributed by atoms with Gasteiger partial charge in [0.2, 0.25) is 0 Å². The van der Waals surface area contributed by atoms with Crippen molar-refractivity contribution in [3.05, 3.63) is 97.1 Å². The lowest BCUT2D eigenvalue weighted by molar-refractivity contribution is 0.993. The molecule has 0 spiro atoms. The van der Waals surface area contributed by atoms with Crippen LogP contribution in [0, 0.1) is 6.92 Å². The standard InChI is InChI=1S/C27H18N4S/c1-17-29-26(20-10-3-2-9-19(20)18-8-7-15-28-16-18)31-27(30-17)22-12-6-14-24-25(22)21-11-4-5-13-23(21)32-24/h2-16H,1H3. The van der Waals surface area contributed by atoms with E-state index in [1.54, 1.807) is 17.5 Å². The van der Waals surface area contributed by atoms with Crippen LogP contribution >= 0.6 is 11.3 Å². The Hall–Kier alpha value is -3.96. The van der Waals surface area contributed by atoms with E-state index in [1.165, 1.54) is 20.2 Å². The number of hydrogen-bond acceptors (Lipinski definition) is 5. The first-order chi connectivity index (χ1) is 15.8. The lowest BCUT2D eigenvalue weighted by Gasteiger charge is -2.11. The second kappa shape index (κ2) is 7.62. The van der Waals surface area contributed by atoms with Crippen LogP contribution in [0.25, 0.3) is 54.1 Å². The molecule has 152 valence electrons. The minimum atomic E-state index is 0.670. The van der Waals surface area contributed by atoms with Gasteiger partial charge in [-0.25, -0.2) is 15.0 Å². The average molecular weight is 431 g/mol. The average Bonchev–Trinajstić information content (AvgIpc) is 3.23. The smallest absolute Gasteiger partial charge is 0.164 e. The predicted octanol–water partition coefficient (Wildman–Crippen LogP) is 6.94. The number of aryl methyl sites for hydroxylation is 1. The number of rotatable bonds is 3. The quantitative estimate of drug-likeness (QED) is 0.305. The van der Waals surface area contributed by atoms with Crippen LogP contribution in [0.1, 0.15) is 5.82 Å². The summed E-state index contributed by atoms with van der Waals surface area (Å²) in [5.74, 6) is 2.06. The highest BCUT2D eigenvalue weighted by atomic mass is 32.1. The van der Waals surface area contributed by atoms with Crippen LogP contribution < -0.4 is 0 Å². The highest BCUT2D eigenvalue weighted by Gasteiger charge is 2.16. The molecule has 4 nitrogen and oxygen atoms in total. The van der Waals surface area contributed by atoms with Gasteiger partial charge in [0, 0.05) is 49.3 Å². The molecule has 3 aromatic heterocycles. The van der Waals surface area contributed by atoms with Crippen LogP contribution in [0.5, 0.6) is 0 Å². The maximum atomic E-state index is 4.96. The minimum Gasteiger partial charge on any atom is -0.264 e. The summed E-state index contributed by atoms with van der Waals surface area (Å²) in [5, 5.41) is 2.43. The van der Waals surface area contributed by atoms with E-state index in [-0.39, 0.29) is 0 Å². The Morgan fingerprint density at radius 1 is 0.625 bits per heavy atom. The zero-order valence-electron chi connectivity index (χ0n) is 17.4. The number of hydrogen-bond donors (Lipinski definition) is 0. The molecule has 0 atom stereocenters. The minimum absolute atomic E-state index is 0.670. The molecular formula is C27H18N4S. The zero-order chi connectivity index (χ0) is 21.5. The highest BCUT2D eigenvalue weighted by Crippen LogP contribution is 2.39. The molecule has 0 unspecified atom stereocenters. The Bertz CT molecular complexity index is 1590. The number of benzene rings is 3. The molecule has 0 saturated heterocycles. The second-order valence-corrected chi connectivity index (χ2v) is 8.68. The summed E-state index contributed by atoms with van der Waals surface area (Å²) in [4.78, 5) is 18.7. The Kier molecular flexibility index (Phi) is 4.47. The summed E-state index contributed by atoms with van der Waals surface area (Å²) in [6.07, 6.45) is 3.65. The largest absolute Gasteiger partial charge is 0.264 e. The van der Waals surface area contributed by atoms with Crippen molar-refractivity contribution in [3.8, 4) is 33.9 Å². The number of thiophene rings is 1. The number of aromatic nitrogens is 4. The normalized spacial score (nSPS) is 11.3. The molecule has 5 heteroatoms. The third-order valence-electron chi connectivity index (χ3n) is 5.53. The molecule has 3 heterocycles. The third-order valence-corrected chi connectivity index (χ3v) is 6.67. The molecule has 6 aromatic rings. The van der Waals surface area contributed by atoms with Gasteiger partial charge in [-0.3, -0.25) is 4.98 Å². The molecule has 0 saturated carbocycles. The molecule has 32 heavy (non-hydrogen) atoms. The first-order valence-electron chi connectivity index (χ1n) is 10.4. The van der Waals surface area contributed by atoms with E-state index in [4.69, 9.17) is 15.0 Å². The Morgan fingerprint density at radius 2 is 1.34 bits per heavy atom. The first kappa shape index (κ1) is 18.8. The van der Waals surface area contributed by atoms with Gasteiger partial charge in [0.1, 0.15) is 5.82 Å². The molecule has 6 rings (SSSR count). The van der Waals surface area contributed by atoms with Crippen LogP contribution in [-0.2, 0) is 0 Å². The van der Waals surface area contributed by atoms with Crippen LogP contribution in [0.3, 0.4) is 0 Å². The maximum Gasteiger partial charge on any atom is 0.164 e. The molecule has 0 N–H and O–H groups in total. The molecule has 0 aliphatic heterocycles. The van der Waals surface area contributed by atoms with Crippen molar-refractivity contribution >= 4 is 31.5 Å². The van der Waals surface area contributed by atoms with Gasteiger partial charge in [-0.2, -0.15) is 0 Å². The molecule has 0 amide bonds. The van der Waals surface area contributed by atoms with E-state index in [1.807, 2.05) is 31.3 Å².